The zero-order valence-electron chi connectivity index (χ0n) is 13.9. The fourth-order valence-electron chi connectivity index (χ4n) is 3.14. The van der Waals surface area contributed by atoms with Crippen molar-refractivity contribution in [1.29, 1.82) is 5.26 Å². The van der Waals surface area contributed by atoms with Crippen LogP contribution in [0.2, 0.25) is 0 Å². The molecule has 0 saturated carbocycles. The third-order valence-corrected chi connectivity index (χ3v) is 4.36. The molecule has 1 aromatic rings. The Morgan fingerprint density at radius 2 is 2.23 bits per heavy atom. The van der Waals surface area contributed by atoms with E-state index in [0.29, 0.717) is 13.1 Å². The van der Waals surface area contributed by atoms with E-state index in [0.717, 1.165) is 43.0 Å². The first-order chi connectivity index (χ1) is 10.4. The molecular formula is C16H25N5O. The number of aromatic nitrogens is 2. The maximum Gasteiger partial charge on any atom is 0.238 e. The fourth-order valence-corrected chi connectivity index (χ4v) is 3.14. The second-order valence-corrected chi connectivity index (χ2v) is 6.40. The quantitative estimate of drug-likeness (QED) is 0.924. The van der Waals surface area contributed by atoms with Crippen LogP contribution in [-0.4, -0.2) is 40.2 Å². The lowest BCUT2D eigenvalue weighted by Crippen LogP contribution is -2.44. The number of aryl methyl sites for hydroxylation is 2. The van der Waals surface area contributed by atoms with Crippen LogP contribution in [0.15, 0.2) is 0 Å². The highest BCUT2D eigenvalue weighted by Gasteiger charge is 2.31. The summed E-state index contributed by atoms with van der Waals surface area (Å²) >= 11 is 0. The lowest BCUT2D eigenvalue weighted by molar-refractivity contribution is -0.117. The van der Waals surface area contributed by atoms with Crippen LogP contribution in [-0.2, 0) is 11.3 Å². The van der Waals surface area contributed by atoms with Gasteiger partial charge < -0.3 is 5.32 Å². The molecule has 0 bridgehead atoms. The second-order valence-electron chi connectivity index (χ2n) is 6.40. The molecule has 0 spiro atoms. The molecule has 6 heteroatoms. The molecular weight excluding hydrogens is 278 g/mol. The van der Waals surface area contributed by atoms with Crippen molar-refractivity contribution < 1.29 is 4.79 Å². The van der Waals surface area contributed by atoms with Crippen LogP contribution in [0, 0.1) is 30.6 Å². The minimum absolute atomic E-state index is 0.0379. The van der Waals surface area contributed by atoms with Gasteiger partial charge in [-0.2, -0.15) is 10.4 Å². The molecule has 6 nitrogen and oxygen atoms in total. The smallest absolute Gasteiger partial charge is 0.238 e. The third kappa shape index (κ3) is 3.47. The number of likely N-dealkylation sites (tertiary alicyclic amines) is 1. The van der Waals surface area contributed by atoms with Gasteiger partial charge >= 0.3 is 0 Å². The molecule has 0 aliphatic carbocycles. The Labute approximate surface area is 132 Å². The fraction of sp³-hybridized carbons (Fsp3) is 0.688. The lowest BCUT2D eigenvalue weighted by Gasteiger charge is -2.35. The number of hydrogen-bond acceptors (Lipinski definition) is 4. The van der Waals surface area contributed by atoms with Crippen molar-refractivity contribution in [2.75, 3.05) is 25.0 Å². The normalized spacial score (nSPS) is 22.3. The Hall–Kier alpha value is -1.87. The molecule has 0 unspecified atom stereocenters. The molecule has 0 aromatic carbocycles. The largest absolute Gasteiger partial charge is 0.322 e. The van der Waals surface area contributed by atoms with E-state index >= 15 is 0 Å². The van der Waals surface area contributed by atoms with Crippen LogP contribution >= 0.6 is 0 Å². The predicted molar refractivity (Wildman–Crippen MR) is 85.4 cm³/mol. The van der Waals surface area contributed by atoms with E-state index in [1.807, 2.05) is 32.4 Å². The Bertz CT molecular complexity index is 600. The van der Waals surface area contributed by atoms with Crippen LogP contribution in [0.4, 0.5) is 5.69 Å². The Balaban J connectivity index is 1.99. The highest BCUT2D eigenvalue weighted by atomic mass is 16.2. The van der Waals surface area contributed by atoms with Crippen molar-refractivity contribution in [3.63, 3.8) is 0 Å². The molecule has 0 radical (unpaired) electrons. The highest BCUT2D eigenvalue weighted by molar-refractivity contribution is 5.93. The number of anilines is 1. The van der Waals surface area contributed by atoms with Crippen molar-refractivity contribution in [2.45, 2.75) is 47.1 Å². The van der Waals surface area contributed by atoms with Crippen LogP contribution in [0.3, 0.4) is 0 Å². The predicted octanol–water partition coefficient (Wildman–Crippen LogP) is 2.08. The van der Waals surface area contributed by atoms with Gasteiger partial charge in [0, 0.05) is 13.1 Å². The number of hydrogen-bond donors (Lipinski definition) is 1. The number of amides is 1. The third-order valence-electron chi connectivity index (χ3n) is 4.36. The number of carbonyl (C=O) groups excluding carboxylic acids is 1. The molecule has 1 atom stereocenters. The molecule has 1 N–H and O–H groups in total. The summed E-state index contributed by atoms with van der Waals surface area (Å²) < 4.78 is 1.89. The molecule has 2 heterocycles. The topological polar surface area (TPSA) is 74.0 Å². The van der Waals surface area contributed by atoms with E-state index in [-0.39, 0.29) is 11.3 Å². The summed E-state index contributed by atoms with van der Waals surface area (Å²) in [4.78, 5) is 14.4. The van der Waals surface area contributed by atoms with Gasteiger partial charge in [-0.1, -0.05) is 0 Å². The summed E-state index contributed by atoms with van der Waals surface area (Å²) in [6.07, 6.45) is 1.87. The van der Waals surface area contributed by atoms with Crippen LogP contribution in [0.5, 0.6) is 0 Å². The van der Waals surface area contributed by atoms with Gasteiger partial charge in [0.1, 0.15) is 0 Å². The van der Waals surface area contributed by atoms with Crippen molar-refractivity contribution in [3.05, 3.63) is 11.4 Å². The molecule has 1 aromatic heterocycles. The number of rotatable bonds is 4. The number of carbonyl (C=O) groups is 1. The van der Waals surface area contributed by atoms with Gasteiger partial charge in [0.25, 0.3) is 0 Å². The Morgan fingerprint density at radius 3 is 2.82 bits per heavy atom. The Kier molecular flexibility index (Phi) is 4.87. The van der Waals surface area contributed by atoms with E-state index < -0.39 is 0 Å². The SMILES string of the molecule is CCn1nc(C)c(NC(=O)CN2CCC[C@](C)(C#N)C2)c1C. The number of nitrogens with zero attached hydrogens (tertiary/aromatic N) is 4. The highest BCUT2D eigenvalue weighted by Crippen LogP contribution is 2.28. The lowest BCUT2D eigenvalue weighted by atomic mass is 9.83. The number of piperidine rings is 1. The van der Waals surface area contributed by atoms with Gasteiger partial charge in [0.2, 0.25) is 5.91 Å². The summed E-state index contributed by atoms with van der Waals surface area (Å²) in [7, 11) is 0. The summed E-state index contributed by atoms with van der Waals surface area (Å²) in [5.41, 5.74) is 2.30. The average Bonchev–Trinajstić information content (AvgIpc) is 2.75. The number of nitrogens with one attached hydrogen (secondary N) is 1. The molecule has 22 heavy (non-hydrogen) atoms. The average molecular weight is 303 g/mol. The molecule has 1 aliphatic heterocycles. The monoisotopic (exact) mass is 303 g/mol. The molecule has 120 valence electrons. The van der Waals surface area contributed by atoms with Crippen molar-refractivity contribution >= 4 is 11.6 Å². The van der Waals surface area contributed by atoms with Gasteiger partial charge in [0.15, 0.2) is 0 Å². The van der Waals surface area contributed by atoms with Crippen molar-refractivity contribution in [3.8, 4) is 6.07 Å². The first-order valence-corrected chi connectivity index (χ1v) is 7.86. The van der Waals surface area contributed by atoms with Gasteiger partial charge in [0.05, 0.1) is 35.1 Å². The molecule has 2 rings (SSSR count). The van der Waals surface area contributed by atoms with Crippen molar-refractivity contribution in [2.24, 2.45) is 5.41 Å². The first kappa shape index (κ1) is 16.5. The molecule has 1 fully saturated rings. The van der Waals surface area contributed by atoms with Crippen LogP contribution in [0.1, 0.15) is 38.1 Å². The minimum atomic E-state index is -0.336. The molecule has 1 aliphatic rings. The summed E-state index contributed by atoms with van der Waals surface area (Å²) in [6, 6.07) is 2.38. The first-order valence-electron chi connectivity index (χ1n) is 7.86. The van der Waals surface area contributed by atoms with Gasteiger partial charge in [-0.25, -0.2) is 0 Å². The minimum Gasteiger partial charge on any atom is -0.322 e. The Morgan fingerprint density at radius 1 is 1.50 bits per heavy atom. The zero-order valence-corrected chi connectivity index (χ0v) is 13.9. The molecule has 1 saturated heterocycles. The summed E-state index contributed by atoms with van der Waals surface area (Å²) in [6.45, 7) is 10.5. The summed E-state index contributed by atoms with van der Waals surface area (Å²) in [5.74, 6) is -0.0379. The van der Waals surface area contributed by atoms with E-state index in [2.05, 4.69) is 21.4 Å². The van der Waals surface area contributed by atoms with Crippen LogP contribution < -0.4 is 5.32 Å². The van der Waals surface area contributed by atoms with E-state index in [1.165, 1.54) is 0 Å². The second kappa shape index (κ2) is 6.49. The van der Waals surface area contributed by atoms with Crippen molar-refractivity contribution in [1.82, 2.24) is 14.7 Å². The van der Waals surface area contributed by atoms with E-state index in [1.54, 1.807) is 0 Å². The maximum atomic E-state index is 12.3. The van der Waals surface area contributed by atoms with Gasteiger partial charge in [-0.3, -0.25) is 14.4 Å². The van der Waals surface area contributed by atoms with Gasteiger partial charge in [-0.15, -0.1) is 0 Å². The van der Waals surface area contributed by atoms with Crippen LogP contribution in [0.25, 0.3) is 0 Å². The standard InChI is InChI=1S/C16H25N5O/c1-5-21-13(3)15(12(2)19-21)18-14(22)9-20-8-6-7-16(4,10-17)11-20/h5-9,11H2,1-4H3,(H,18,22)/t16-/m1/s1. The maximum absolute atomic E-state index is 12.3. The summed E-state index contributed by atoms with van der Waals surface area (Å²) in [5, 5.41) is 16.6. The zero-order chi connectivity index (χ0) is 16.3. The van der Waals surface area contributed by atoms with Gasteiger partial charge in [-0.05, 0) is 47.1 Å². The molecule has 1 amide bonds. The van der Waals surface area contributed by atoms with E-state index in [4.69, 9.17) is 0 Å². The number of nitriles is 1. The van der Waals surface area contributed by atoms with E-state index in [9.17, 15) is 10.1 Å².